The Bertz CT molecular complexity index is 628. The molecule has 0 saturated carbocycles. The zero-order valence-corrected chi connectivity index (χ0v) is 19.8. The fraction of sp³-hybridized carbons (Fsp3) is 0.682. The highest BCUT2D eigenvalue weighted by atomic mass is 79.9. The van der Waals surface area contributed by atoms with Crippen LogP contribution in [0.3, 0.4) is 0 Å². The number of carbonyl (C=O) groups excluding carboxylic acids is 1. The third-order valence-corrected chi connectivity index (χ3v) is 4.71. The lowest BCUT2D eigenvalue weighted by atomic mass is 9.82. The number of hydrogen-bond donors (Lipinski definition) is 2. The minimum atomic E-state index is -0.238. The Kier molecular flexibility index (Phi) is 8.21. The summed E-state index contributed by atoms with van der Waals surface area (Å²) in [6, 6.07) is 6.08. The fourth-order valence-corrected chi connectivity index (χ4v) is 3.76. The molecule has 4 nitrogen and oxygen atoms in total. The van der Waals surface area contributed by atoms with Gasteiger partial charge in [0.15, 0.2) is 0 Å². The van der Waals surface area contributed by atoms with Crippen molar-refractivity contribution < 1.29 is 9.53 Å². The van der Waals surface area contributed by atoms with Gasteiger partial charge in [-0.25, -0.2) is 4.79 Å². The van der Waals surface area contributed by atoms with Gasteiger partial charge in [-0.15, -0.1) is 0 Å². The van der Waals surface area contributed by atoms with E-state index in [4.69, 9.17) is 4.74 Å². The first-order valence-electron chi connectivity index (χ1n) is 9.68. The van der Waals surface area contributed by atoms with Crippen LogP contribution in [0.25, 0.3) is 0 Å². The Labute approximate surface area is 174 Å². The van der Waals surface area contributed by atoms with Gasteiger partial charge in [0.05, 0.1) is 11.1 Å². The van der Waals surface area contributed by atoms with Gasteiger partial charge in [0.2, 0.25) is 0 Å². The van der Waals surface area contributed by atoms with Crippen molar-refractivity contribution in [3.63, 3.8) is 0 Å². The third-order valence-electron chi connectivity index (χ3n) is 4.09. The van der Waals surface area contributed by atoms with E-state index in [-0.39, 0.29) is 22.4 Å². The fourth-order valence-electron chi connectivity index (χ4n) is 3.26. The molecule has 0 heterocycles. The van der Waals surface area contributed by atoms with Crippen molar-refractivity contribution in [1.82, 2.24) is 10.6 Å². The first-order valence-corrected chi connectivity index (χ1v) is 10.5. The maximum atomic E-state index is 12.1. The number of ether oxygens (including phenoxy) is 1. The first-order chi connectivity index (χ1) is 12.2. The van der Waals surface area contributed by atoms with Gasteiger partial charge in [-0.05, 0) is 71.1 Å². The van der Waals surface area contributed by atoms with E-state index < -0.39 is 0 Å². The molecule has 0 aliphatic rings. The molecule has 0 radical (unpaired) electrons. The highest BCUT2D eigenvalue weighted by Crippen LogP contribution is 2.31. The van der Waals surface area contributed by atoms with Gasteiger partial charge >= 0.3 is 6.03 Å². The zero-order valence-electron chi connectivity index (χ0n) is 18.3. The van der Waals surface area contributed by atoms with E-state index in [9.17, 15) is 4.79 Å². The summed E-state index contributed by atoms with van der Waals surface area (Å²) < 4.78 is 6.80. The molecule has 2 amide bonds. The summed E-state index contributed by atoms with van der Waals surface area (Å²) in [7, 11) is 0. The molecule has 2 N–H and O–H groups in total. The molecule has 0 spiro atoms. The van der Waals surface area contributed by atoms with E-state index in [0.717, 1.165) is 23.1 Å². The smallest absolute Gasteiger partial charge is 0.315 e. The second-order valence-electron chi connectivity index (χ2n) is 10.1. The maximum Gasteiger partial charge on any atom is 0.315 e. The van der Waals surface area contributed by atoms with E-state index in [2.05, 4.69) is 94.1 Å². The highest BCUT2D eigenvalue weighted by Gasteiger charge is 2.26. The summed E-state index contributed by atoms with van der Waals surface area (Å²) >= 11 is 3.58. The van der Waals surface area contributed by atoms with Gasteiger partial charge in [-0.2, -0.15) is 0 Å². The predicted molar refractivity (Wildman–Crippen MR) is 118 cm³/mol. The standard InChI is InChI=1S/C22H37BrN2O2/c1-20(2,3)15-22(7,8)25-19(26)24-12-9-13-27-18-11-10-16(14-17(18)23)21(4,5)6/h10-11,14H,9,12-13,15H2,1-8H3,(H2,24,25,26). The second kappa shape index (κ2) is 9.31. The maximum absolute atomic E-state index is 12.1. The average molecular weight is 441 g/mol. The van der Waals surface area contributed by atoms with Crippen molar-refractivity contribution in [2.45, 2.75) is 79.2 Å². The van der Waals surface area contributed by atoms with Crippen LogP contribution in [0.1, 0.15) is 73.8 Å². The van der Waals surface area contributed by atoms with Crippen LogP contribution in [-0.2, 0) is 5.41 Å². The van der Waals surface area contributed by atoms with Gasteiger partial charge in [0.25, 0.3) is 0 Å². The largest absolute Gasteiger partial charge is 0.492 e. The van der Waals surface area contributed by atoms with Gasteiger partial charge in [-0.1, -0.05) is 47.6 Å². The Morgan fingerprint density at radius 3 is 2.22 bits per heavy atom. The number of nitrogens with one attached hydrogen (secondary N) is 2. The summed E-state index contributed by atoms with van der Waals surface area (Å²) in [6.07, 6.45) is 1.66. The first kappa shape index (κ1) is 23.8. The average Bonchev–Trinajstić information content (AvgIpc) is 2.43. The zero-order chi connectivity index (χ0) is 20.9. The third kappa shape index (κ3) is 9.50. The summed E-state index contributed by atoms with van der Waals surface area (Å²) in [5.41, 5.74) is 1.30. The van der Waals surface area contributed by atoms with Crippen LogP contribution in [0.2, 0.25) is 0 Å². The molecule has 0 aromatic heterocycles. The Hall–Kier alpha value is -1.23. The van der Waals surface area contributed by atoms with Crippen LogP contribution in [-0.4, -0.2) is 24.7 Å². The summed E-state index contributed by atoms with van der Waals surface area (Å²) in [6.45, 7) is 18.3. The Morgan fingerprint density at radius 1 is 1.07 bits per heavy atom. The van der Waals surface area contributed by atoms with Gasteiger partial charge in [0.1, 0.15) is 5.75 Å². The molecule has 0 aliphatic heterocycles. The van der Waals surface area contributed by atoms with Crippen molar-refractivity contribution in [2.24, 2.45) is 5.41 Å². The molecule has 5 heteroatoms. The number of rotatable bonds is 7. The van der Waals surface area contributed by atoms with Crippen LogP contribution < -0.4 is 15.4 Å². The van der Waals surface area contributed by atoms with Crippen LogP contribution in [0.15, 0.2) is 22.7 Å². The lowest BCUT2D eigenvalue weighted by Gasteiger charge is -2.33. The number of carbonyl (C=O) groups is 1. The number of hydrogen-bond acceptors (Lipinski definition) is 2. The monoisotopic (exact) mass is 440 g/mol. The topological polar surface area (TPSA) is 50.4 Å². The Morgan fingerprint density at radius 2 is 1.70 bits per heavy atom. The van der Waals surface area contributed by atoms with Gasteiger partial charge in [-0.3, -0.25) is 0 Å². The van der Waals surface area contributed by atoms with Crippen molar-refractivity contribution in [1.29, 1.82) is 0 Å². The number of benzene rings is 1. The second-order valence-corrected chi connectivity index (χ2v) is 11.0. The minimum absolute atomic E-state index is 0.110. The molecule has 0 saturated heterocycles. The van der Waals surface area contributed by atoms with E-state index in [1.165, 1.54) is 5.56 Å². The Balaban J connectivity index is 2.36. The molecule has 0 bridgehead atoms. The van der Waals surface area contributed by atoms with Crippen LogP contribution in [0, 0.1) is 5.41 Å². The van der Waals surface area contributed by atoms with E-state index in [1.807, 2.05) is 6.07 Å². The molecule has 154 valence electrons. The van der Waals surface area contributed by atoms with Crippen LogP contribution >= 0.6 is 15.9 Å². The summed E-state index contributed by atoms with van der Waals surface area (Å²) in [4.78, 5) is 12.1. The van der Waals surface area contributed by atoms with E-state index >= 15 is 0 Å². The molecule has 0 fully saturated rings. The SMILES string of the molecule is CC(C)(C)CC(C)(C)NC(=O)NCCCOc1ccc(C(C)(C)C)cc1Br. The molecular weight excluding hydrogens is 404 g/mol. The van der Waals surface area contributed by atoms with Crippen LogP contribution in [0.5, 0.6) is 5.75 Å². The van der Waals surface area contributed by atoms with Crippen molar-refractivity contribution in [3.8, 4) is 5.75 Å². The molecule has 0 unspecified atom stereocenters. The van der Waals surface area contributed by atoms with Gasteiger partial charge < -0.3 is 15.4 Å². The van der Waals surface area contributed by atoms with E-state index in [0.29, 0.717) is 13.2 Å². The molecule has 0 atom stereocenters. The van der Waals surface area contributed by atoms with Gasteiger partial charge in [0, 0.05) is 12.1 Å². The van der Waals surface area contributed by atoms with Crippen molar-refractivity contribution in [3.05, 3.63) is 28.2 Å². The van der Waals surface area contributed by atoms with Crippen LogP contribution in [0.4, 0.5) is 4.79 Å². The quantitative estimate of drug-likeness (QED) is 0.508. The molecular formula is C22H37BrN2O2. The molecule has 27 heavy (non-hydrogen) atoms. The highest BCUT2D eigenvalue weighted by molar-refractivity contribution is 9.10. The molecule has 1 aromatic carbocycles. The number of urea groups is 1. The molecule has 1 rings (SSSR count). The summed E-state index contributed by atoms with van der Waals surface area (Å²) in [5, 5.41) is 5.97. The predicted octanol–water partition coefficient (Wildman–Crippen LogP) is 6.03. The minimum Gasteiger partial charge on any atom is -0.492 e. The van der Waals surface area contributed by atoms with E-state index in [1.54, 1.807) is 0 Å². The lowest BCUT2D eigenvalue weighted by molar-refractivity contribution is 0.209. The van der Waals surface area contributed by atoms with Crippen molar-refractivity contribution >= 4 is 22.0 Å². The number of halogens is 1. The van der Waals surface area contributed by atoms with Crippen molar-refractivity contribution in [2.75, 3.05) is 13.2 Å². The molecule has 0 aliphatic carbocycles. The summed E-state index contributed by atoms with van der Waals surface area (Å²) in [5.74, 6) is 0.832. The number of amides is 2. The molecule has 1 aromatic rings. The normalized spacial score (nSPS) is 12.6. The lowest BCUT2D eigenvalue weighted by Crippen LogP contribution is -2.50.